The van der Waals surface area contributed by atoms with Crippen molar-refractivity contribution in [2.75, 3.05) is 0 Å². The van der Waals surface area contributed by atoms with Crippen molar-refractivity contribution in [3.8, 4) is 56.4 Å². The van der Waals surface area contributed by atoms with Crippen molar-refractivity contribution in [1.82, 2.24) is 15.0 Å². The number of aromatic nitrogens is 3. The van der Waals surface area contributed by atoms with Gasteiger partial charge in [-0.3, -0.25) is 0 Å². The molecule has 4 heteroatoms. The molecule has 8 rings (SSSR count). The Kier molecular flexibility index (Phi) is 4.91. The quantitative estimate of drug-likeness (QED) is 0.212. The zero-order chi connectivity index (χ0) is 32.9. The smallest absolute Gasteiger partial charge is 0.164 e. The Labute approximate surface area is 256 Å². The van der Waals surface area contributed by atoms with Gasteiger partial charge < -0.3 is 4.42 Å². The van der Waals surface area contributed by atoms with Gasteiger partial charge in [-0.05, 0) is 46.5 Å². The van der Waals surface area contributed by atoms with Gasteiger partial charge in [0.2, 0.25) is 0 Å². The van der Waals surface area contributed by atoms with E-state index in [0.29, 0.717) is 28.6 Å². The molecule has 43 heavy (non-hydrogen) atoms. The molecule has 0 unspecified atom stereocenters. The third kappa shape index (κ3) is 4.75. The molecule has 0 aliphatic heterocycles. The fraction of sp³-hybridized carbons (Fsp3) is 0. The largest absolute Gasteiger partial charge is 0.456 e. The van der Waals surface area contributed by atoms with Gasteiger partial charge in [-0.15, -0.1) is 0 Å². The first-order valence-corrected chi connectivity index (χ1v) is 13.9. The molecule has 4 nitrogen and oxygen atoms in total. The molecule has 0 saturated carbocycles. The van der Waals surface area contributed by atoms with Crippen molar-refractivity contribution in [3.63, 3.8) is 0 Å². The Hall–Kier alpha value is -5.87. The third-order valence-electron chi connectivity index (χ3n) is 7.44. The van der Waals surface area contributed by atoms with Gasteiger partial charge in [0, 0.05) is 27.5 Å². The number of furan rings is 1. The zero-order valence-corrected chi connectivity index (χ0v) is 22.8. The number of hydrogen-bond donors (Lipinski definition) is 0. The summed E-state index contributed by atoms with van der Waals surface area (Å²) < 4.78 is 47.1. The summed E-state index contributed by atoms with van der Waals surface area (Å²) >= 11 is 0. The standard InChI is InChI=1S/C39H25N3O/c1-4-10-26(11-5-1)28-16-18-30(19-17-28)38-40-37(29-14-8-3-9-15-29)41-39(42-38)32-20-22-33-34-24-31(27-12-6-2-7-13-27)21-23-35(34)43-36(33)25-32/h1-25H/i1D,4D,5D,10D,11D. The van der Waals surface area contributed by atoms with Crippen molar-refractivity contribution < 1.29 is 11.3 Å². The Balaban J connectivity index is 1.22. The molecule has 0 aliphatic rings. The first-order chi connectivity index (χ1) is 23.4. The van der Waals surface area contributed by atoms with Crippen LogP contribution in [0.5, 0.6) is 0 Å². The normalized spacial score (nSPS) is 12.9. The van der Waals surface area contributed by atoms with Crippen LogP contribution in [-0.4, -0.2) is 15.0 Å². The summed E-state index contributed by atoms with van der Waals surface area (Å²) in [5, 5.41) is 2.02. The van der Waals surface area contributed by atoms with E-state index in [1.54, 1.807) is 24.3 Å². The lowest BCUT2D eigenvalue weighted by Gasteiger charge is -2.09. The summed E-state index contributed by atoms with van der Waals surface area (Å²) in [6.45, 7) is 0. The topological polar surface area (TPSA) is 51.8 Å². The molecule has 0 amide bonds. The monoisotopic (exact) mass is 556 g/mol. The Morgan fingerprint density at radius 1 is 0.395 bits per heavy atom. The van der Waals surface area contributed by atoms with Crippen molar-refractivity contribution in [2.45, 2.75) is 0 Å². The lowest BCUT2D eigenvalue weighted by molar-refractivity contribution is 0.669. The predicted molar refractivity (Wildman–Crippen MR) is 174 cm³/mol. The van der Waals surface area contributed by atoms with E-state index >= 15 is 0 Å². The van der Waals surface area contributed by atoms with Gasteiger partial charge >= 0.3 is 0 Å². The second-order valence-electron chi connectivity index (χ2n) is 10.1. The van der Waals surface area contributed by atoms with E-state index in [-0.39, 0.29) is 29.7 Å². The fourth-order valence-electron chi connectivity index (χ4n) is 5.26. The Morgan fingerprint density at radius 3 is 1.63 bits per heavy atom. The lowest BCUT2D eigenvalue weighted by atomic mass is 10.0. The summed E-state index contributed by atoms with van der Waals surface area (Å²) in [6.07, 6.45) is 0. The van der Waals surface area contributed by atoms with Gasteiger partial charge in [-0.25, -0.2) is 15.0 Å². The predicted octanol–water partition coefficient (Wildman–Crippen LogP) is 10.1. The van der Waals surface area contributed by atoms with Crippen LogP contribution >= 0.6 is 0 Å². The molecule has 6 aromatic carbocycles. The summed E-state index contributed by atoms with van der Waals surface area (Å²) in [5.74, 6) is 1.41. The molecule has 0 spiro atoms. The number of rotatable bonds is 5. The summed E-state index contributed by atoms with van der Waals surface area (Å²) in [5.41, 5.74) is 6.69. The molecular formula is C39H25N3O. The zero-order valence-electron chi connectivity index (χ0n) is 27.8. The highest BCUT2D eigenvalue weighted by Crippen LogP contribution is 2.35. The number of benzene rings is 6. The maximum Gasteiger partial charge on any atom is 0.164 e. The van der Waals surface area contributed by atoms with E-state index in [9.17, 15) is 0 Å². The number of fused-ring (bicyclic) bond motifs is 3. The van der Waals surface area contributed by atoms with E-state index in [1.807, 2.05) is 72.8 Å². The van der Waals surface area contributed by atoms with Gasteiger partial charge in [-0.2, -0.15) is 0 Å². The molecular weight excluding hydrogens is 526 g/mol. The van der Waals surface area contributed by atoms with Crippen LogP contribution in [0.2, 0.25) is 0 Å². The van der Waals surface area contributed by atoms with Gasteiger partial charge in [0.15, 0.2) is 17.5 Å². The molecule has 2 heterocycles. The lowest BCUT2D eigenvalue weighted by Crippen LogP contribution is -2.00. The second kappa shape index (κ2) is 10.5. The van der Waals surface area contributed by atoms with Crippen LogP contribution in [0, 0.1) is 0 Å². The van der Waals surface area contributed by atoms with Crippen molar-refractivity contribution >= 4 is 21.9 Å². The number of nitrogens with zero attached hydrogens (tertiary/aromatic N) is 3. The van der Waals surface area contributed by atoms with Crippen LogP contribution in [0.15, 0.2) is 156 Å². The number of hydrogen-bond acceptors (Lipinski definition) is 4. The van der Waals surface area contributed by atoms with E-state index in [4.69, 9.17) is 26.2 Å². The maximum atomic E-state index is 8.37. The van der Waals surface area contributed by atoms with Crippen LogP contribution in [0.4, 0.5) is 0 Å². The highest BCUT2D eigenvalue weighted by Gasteiger charge is 2.15. The molecule has 0 saturated heterocycles. The van der Waals surface area contributed by atoms with Crippen molar-refractivity contribution in [3.05, 3.63) is 152 Å². The molecule has 0 aliphatic carbocycles. The second-order valence-corrected chi connectivity index (χ2v) is 10.1. The Morgan fingerprint density at radius 2 is 0.930 bits per heavy atom. The first kappa shape index (κ1) is 20.1. The molecule has 2 aromatic heterocycles. The molecule has 0 N–H and O–H groups in total. The minimum atomic E-state index is -0.422. The summed E-state index contributed by atoms with van der Waals surface area (Å²) in [7, 11) is 0. The first-order valence-electron chi connectivity index (χ1n) is 16.4. The Bertz CT molecular complexity index is 2470. The van der Waals surface area contributed by atoms with Crippen LogP contribution in [-0.2, 0) is 0 Å². The van der Waals surface area contributed by atoms with Crippen LogP contribution < -0.4 is 0 Å². The maximum absolute atomic E-state index is 8.37. The van der Waals surface area contributed by atoms with Crippen LogP contribution in [0.3, 0.4) is 0 Å². The molecule has 0 radical (unpaired) electrons. The van der Waals surface area contributed by atoms with E-state index in [2.05, 4.69) is 24.3 Å². The average molecular weight is 557 g/mol. The van der Waals surface area contributed by atoms with Crippen molar-refractivity contribution in [1.29, 1.82) is 0 Å². The van der Waals surface area contributed by atoms with Gasteiger partial charge in [-0.1, -0.05) is 127 Å². The molecule has 0 bridgehead atoms. The fourth-order valence-corrected chi connectivity index (χ4v) is 5.26. The van der Waals surface area contributed by atoms with Crippen LogP contribution in [0.25, 0.3) is 78.4 Å². The van der Waals surface area contributed by atoms with Gasteiger partial charge in [0.25, 0.3) is 0 Å². The van der Waals surface area contributed by atoms with Gasteiger partial charge in [0.1, 0.15) is 11.2 Å². The molecule has 8 aromatic rings. The average Bonchev–Trinajstić information content (AvgIpc) is 3.51. The molecule has 0 atom stereocenters. The van der Waals surface area contributed by atoms with Crippen LogP contribution in [0.1, 0.15) is 6.85 Å². The minimum Gasteiger partial charge on any atom is -0.456 e. The molecule has 0 fully saturated rings. The molecule has 202 valence electrons. The van der Waals surface area contributed by atoms with E-state index in [0.717, 1.165) is 44.2 Å². The highest BCUT2D eigenvalue weighted by atomic mass is 16.3. The SMILES string of the molecule is [2H]c1c([2H])c([2H])c(-c2ccc(-c3nc(-c4ccccc4)nc(-c4ccc5c(c4)oc4ccc(-c6ccccc6)cc45)n3)cc2)c([2H])c1[2H]. The van der Waals surface area contributed by atoms with E-state index in [1.165, 1.54) is 0 Å². The summed E-state index contributed by atoms with van der Waals surface area (Å²) in [4.78, 5) is 14.5. The van der Waals surface area contributed by atoms with Crippen molar-refractivity contribution in [2.24, 2.45) is 0 Å². The highest BCUT2D eigenvalue weighted by molar-refractivity contribution is 6.07. The third-order valence-corrected chi connectivity index (χ3v) is 7.44. The minimum absolute atomic E-state index is 0.142. The van der Waals surface area contributed by atoms with Gasteiger partial charge in [0.05, 0.1) is 6.85 Å². The summed E-state index contributed by atoms with van der Waals surface area (Å²) in [6, 6.07) is 37.5. The van der Waals surface area contributed by atoms with E-state index < -0.39 is 6.04 Å².